The van der Waals surface area contributed by atoms with Gasteiger partial charge in [-0.1, -0.05) is 25.7 Å². The molecular weight excluding hydrogens is 266 g/mol. The van der Waals surface area contributed by atoms with E-state index >= 15 is 0 Å². The lowest BCUT2D eigenvalue weighted by atomic mass is 9.93. The Morgan fingerprint density at radius 1 is 1.19 bits per heavy atom. The van der Waals surface area contributed by atoms with Crippen LogP contribution in [0.4, 0.5) is 0 Å². The highest BCUT2D eigenvalue weighted by Gasteiger charge is 2.19. The fourth-order valence-electron chi connectivity index (χ4n) is 3.25. The van der Waals surface area contributed by atoms with E-state index in [0.29, 0.717) is 24.1 Å². The van der Waals surface area contributed by atoms with Crippen molar-refractivity contribution in [3.8, 4) is 0 Å². The van der Waals surface area contributed by atoms with Gasteiger partial charge in [0.25, 0.3) is 5.56 Å². The number of nitrogens with zero attached hydrogens (tertiary/aromatic N) is 2. The number of hydrogen-bond acceptors (Lipinski definition) is 3. The van der Waals surface area contributed by atoms with Crippen LogP contribution in [0.25, 0.3) is 0 Å². The highest BCUT2D eigenvalue weighted by molar-refractivity contribution is 5.05. The van der Waals surface area contributed by atoms with Gasteiger partial charge in [-0.25, -0.2) is 4.79 Å². The Hall–Kier alpha value is -1.36. The van der Waals surface area contributed by atoms with Crippen LogP contribution in [0.15, 0.2) is 15.8 Å². The molecule has 118 valence electrons. The summed E-state index contributed by atoms with van der Waals surface area (Å²) in [6, 6.07) is 0.407. The predicted octanol–water partition coefficient (Wildman–Crippen LogP) is 1.53. The second kappa shape index (κ2) is 7.07. The molecule has 0 amide bonds. The quantitative estimate of drug-likeness (QED) is 0.857. The summed E-state index contributed by atoms with van der Waals surface area (Å²) in [6.07, 6.45) is 9.54. The summed E-state index contributed by atoms with van der Waals surface area (Å²) >= 11 is 0. The molecule has 1 aromatic heterocycles. The van der Waals surface area contributed by atoms with Gasteiger partial charge >= 0.3 is 5.69 Å². The summed E-state index contributed by atoms with van der Waals surface area (Å²) in [5, 5.41) is 3.48. The summed E-state index contributed by atoms with van der Waals surface area (Å²) in [4.78, 5) is 23.8. The van der Waals surface area contributed by atoms with Gasteiger partial charge in [0, 0.05) is 38.4 Å². The van der Waals surface area contributed by atoms with Gasteiger partial charge in [0.15, 0.2) is 0 Å². The van der Waals surface area contributed by atoms with E-state index in [1.165, 1.54) is 54.7 Å². The molecule has 0 saturated heterocycles. The number of aryl methyl sites for hydroxylation is 1. The number of nitrogens with one attached hydrogen (secondary N) is 1. The van der Waals surface area contributed by atoms with Crippen LogP contribution < -0.4 is 16.6 Å². The van der Waals surface area contributed by atoms with Crippen molar-refractivity contribution in [3.05, 3.63) is 32.6 Å². The highest BCUT2D eigenvalue weighted by Crippen LogP contribution is 2.25. The molecule has 1 atom stereocenters. The first kappa shape index (κ1) is 16.0. The fourth-order valence-corrected chi connectivity index (χ4v) is 3.25. The Labute approximate surface area is 126 Å². The second-order valence-electron chi connectivity index (χ2n) is 6.33. The molecule has 1 aromatic rings. The first-order valence-electron chi connectivity index (χ1n) is 7.99. The van der Waals surface area contributed by atoms with Crippen LogP contribution in [-0.2, 0) is 20.6 Å². The molecule has 0 spiro atoms. The average molecular weight is 293 g/mol. The van der Waals surface area contributed by atoms with E-state index in [4.69, 9.17) is 0 Å². The summed E-state index contributed by atoms with van der Waals surface area (Å²) in [5.74, 6) is 0.698. The molecule has 1 aliphatic carbocycles. The largest absolute Gasteiger partial charge is 0.330 e. The Morgan fingerprint density at radius 2 is 1.81 bits per heavy atom. The van der Waals surface area contributed by atoms with E-state index in [-0.39, 0.29) is 11.2 Å². The molecule has 1 saturated carbocycles. The molecule has 0 aromatic carbocycles. The van der Waals surface area contributed by atoms with Crippen LogP contribution in [0.5, 0.6) is 0 Å². The van der Waals surface area contributed by atoms with Crippen LogP contribution in [-0.4, -0.2) is 15.2 Å². The Balaban J connectivity index is 2.02. The van der Waals surface area contributed by atoms with Crippen molar-refractivity contribution in [1.29, 1.82) is 0 Å². The molecule has 2 rings (SSSR count). The molecule has 5 heteroatoms. The fraction of sp³-hybridized carbons (Fsp3) is 0.750. The molecular formula is C16H27N3O2. The van der Waals surface area contributed by atoms with E-state index in [1.54, 1.807) is 13.2 Å². The number of rotatable bonds is 4. The lowest BCUT2D eigenvalue weighted by molar-refractivity contribution is 0.335. The van der Waals surface area contributed by atoms with E-state index in [2.05, 4.69) is 12.2 Å². The summed E-state index contributed by atoms with van der Waals surface area (Å²) in [6.45, 7) is 2.74. The van der Waals surface area contributed by atoms with Crippen molar-refractivity contribution in [2.45, 2.75) is 58.0 Å². The third kappa shape index (κ3) is 3.84. The molecule has 1 fully saturated rings. The minimum absolute atomic E-state index is 0.196. The standard InChI is InChI=1S/C16H27N3O2/c1-12(13-8-6-4-5-7-9-13)17-10-14-11-18(2)16(21)19(3)15(14)20/h11-13,17H,4-10H2,1-3H3/t12-/m1/s1. The Kier molecular flexibility index (Phi) is 5.39. The zero-order chi connectivity index (χ0) is 15.4. The second-order valence-corrected chi connectivity index (χ2v) is 6.33. The first-order chi connectivity index (χ1) is 10.0. The van der Waals surface area contributed by atoms with Crippen LogP contribution in [0.3, 0.4) is 0 Å². The van der Waals surface area contributed by atoms with Gasteiger partial charge in [-0.2, -0.15) is 0 Å². The van der Waals surface area contributed by atoms with Gasteiger partial charge in [0.2, 0.25) is 0 Å². The minimum atomic E-state index is -0.277. The minimum Gasteiger partial charge on any atom is -0.310 e. The number of aromatic nitrogens is 2. The van der Waals surface area contributed by atoms with Gasteiger partial charge in [-0.3, -0.25) is 9.36 Å². The van der Waals surface area contributed by atoms with Crippen molar-refractivity contribution in [2.24, 2.45) is 20.0 Å². The maximum atomic E-state index is 12.1. The molecule has 1 N–H and O–H groups in total. The zero-order valence-electron chi connectivity index (χ0n) is 13.4. The summed E-state index contributed by atoms with van der Waals surface area (Å²) in [5.41, 5.74) is 0.180. The highest BCUT2D eigenvalue weighted by atomic mass is 16.2. The predicted molar refractivity (Wildman–Crippen MR) is 84.4 cm³/mol. The van der Waals surface area contributed by atoms with Crippen LogP contribution in [0, 0.1) is 5.92 Å². The Morgan fingerprint density at radius 3 is 2.43 bits per heavy atom. The molecule has 0 bridgehead atoms. The van der Waals surface area contributed by atoms with Gasteiger partial charge in [0.1, 0.15) is 0 Å². The molecule has 5 nitrogen and oxygen atoms in total. The summed E-state index contributed by atoms with van der Waals surface area (Å²) < 4.78 is 2.64. The van der Waals surface area contributed by atoms with E-state index in [9.17, 15) is 9.59 Å². The van der Waals surface area contributed by atoms with E-state index in [0.717, 1.165) is 0 Å². The molecule has 1 heterocycles. The Bertz CT molecular complexity index is 580. The topological polar surface area (TPSA) is 56.0 Å². The normalized spacial score (nSPS) is 18.4. The third-order valence-electron chi connectivity index (χ3n) is 4.74. The van der Waals surface area contributed by atoms with E-state index < -0.39 is 0 Å². The molecule has 0 aliphatic heterocycles. The van der Waals surface area contributed by atoms with E-state index in [1.807, 2.05) is 0 Å². The van der Waals surface area contributed by atoms with Crippen LogP contribution in [0.2, 0.25) is 0 Å². The zero-order valence-corrected chi connectivity index (χ0v) is 13.4. The monoisotopic (exact) mass is 293 g/mol. The first-order valence-corrected chi connectivity index (χ1v) is 7.99. The maximum absolute atomic E-state index is 12.1. The molecule has 1 aliphatic rings. The van der Waals surface area contributed by atoms with Crippen molar-refractivity contribution < 1.29 is 0 Å². The van der Waals surface area contributed by atoms with Crippen molar-refractivity contribution >= 4 is 0 Å². The average Bonchev–Trinajstić information content (AvgIpc) is 2.76. The SMILES string of the molecule is C[C@@H](NCc1cn(C)c(=O)n(C)c1=O)C1CCCCCC1. The molecule has 0 radical (unpaired) electrons. The maximum Gasteiger partial charge on any atom is 0.330 e. The van der Waals surface area contributed by atoms with Crippen molar-refractivity contribution in [2.75, 3.05) is 0 Å². The van der Waals surface area contributed by atoms with Gasteiger partial charge in [-0.05, 0) is 25.7 Å². The number of hydrogen-bond donors (Lipinski definition) is 1. The van der Waals surface area contributed by atoms with Crippen molar-refractivity contribution in [1.82, 2.24) is 14.5 Å². The van der Waals surface area contributed by atoms with Gasteiger partial charge in [-0.15, -0.1) is 0 Å². The molecule has 0 unspecified atom stereocenters. The lowest BCUT2D eigenvalue weighted by Gasteiger charge is -2.23. The van der Waals surface area contributed by atoms with Crippen LogP contribution in [0.1, 0.15) is 51.0 Å². The van der Waals surface area contributed by atoms with Gasteiger partial charge < -0.3 is 9.88 Å². The molecule has 21 heavy (non-hydrogen) atoms. The lowest BCUT2D eigenvalue weighted by Crippen LogP contribution is -2.41. The van der Waals surface area contributed by atoms with Crippen molar-refractivity contribution in [3.63, 3.8) is 0 Å². The van der Waals surface area contributed by atoms with Crippen LogP contribution >= 0.6 is 0 Å². The van der Waals surface area contributed by atoms with Gasteiger partial charge in [0.05, 0.1) is 0 Å². The summed E-state index contributed by atoms with van der Waals surface area (Å²) in [7, 11) is 3.21. The third-order valence-corrected chi connectivity index (χ3v) is 4.74. The smallest absolute Gasteiger partial charge is 0.310 e.